The van der Waals surface area contributed by atoms with Crippen LogP contribution < -0.4 is 4.90 Å². The molecule has 12 nitrogen and oxygen atoms in total. The zero-order valence-electron chi connectivity index (χ0n) is 19.5. The number of ether oxygens (including phenoxy) is 1. The van der Waals surface area contributed by atoms with Crippen LogP contribution in [0.3, 0.4) is 0 Å². The molecule has 13 heteroatoms. The van der Waals surface area contributed by atoms with E-state index < -0.39 is 12.3 Å². The number of rotatable bonds is 7. The van der Waals surface area contributed by atoms with Crippen LogP contribution in [0.4, 0.5) is 14.9 Å². The van der Waals surface area contributed by atoms with Gasteiger partial charge >= 0.3 is 6.09 Å². The van der Waals surface area contributed by atoms with Crippen molar-refractivity contribution in [2.24, 2.45) is 5.16 Å². The largest absolute Gasteiger partial charge is 0.447 e. The molecule has 2 fully saturated rings. The van der Waals surface area contributed by atoms with Gasteiger partial charge in [-0.15, -0.1) is 10.2 Å². The summed E-state index contributed by atoms with van der Waals surface area (Å²) < 4.78 is 23.8. The van der Waals surface area contributed by atoms with Gasteiger partial charge in [-0.05, 0) is 37.5 Å². The number of anilines is 1. The van der Waals surface area contributed by atoms with Crippen molar-refractivity contribution in [2.75, 3.05) is 38.3 Å². The van der Waals surface area contributed by atoms with E-state index in [1.165, 1.54) is 29.0 Å². The molecule has 35 heavy (non-hydrogen) atoms. The maximum atomic E-state index is 15.3. The molecule has 4 heterocycles. The number of piperidine rings is 1. The Morgan fingerprint density at radius 2 is 2.09 bits per heavy atom. The van der Waals surface area contributed by atoms with Crippen LogP contribution in [0.15, 0.2) is 41.9 Å². The average Bonchev–Trinajstić information content (AvgIpc) is 3.63. The van der Waals surface area contributed by atoms with Gasteiger partial charge in [0.2, 0.25) is 0 Å². The Labute approximate surface area is 200 Å². The molecule has 0 spiro atoms. The highest BCUT2D eigenvalue weighted by Crippen LogP contribution is 2.32. The highest BCUT2D eigenvalue weighted by Gasteiger charge is 2.33. The van der Waals surface area contributed by atoms with E-state index in [0.29, 0.717) is 42.3 Å². The number of hydrogen-bond donors (Lipinski definition) is 0. The van der Waals surface area contributed by atoms with Crippen LogP contribution in [0, 0.1) is 5.82 Å². The van der Waals surface area contributed by atoms with Gasteiger partial charge in [-0.3, -0.25) is 4.90 Å². The van der Waals surface area contributed by atoms with Gasteiger partial charge < -0.3 is 14.5 Å². The monoisotopic (exact) mass is 483 g/mol. The molecule has 1 aromatic carbocycles. The van der Waals surface area contributed by atoms with E-state index in [2.05, 4.69) is 25.8 Å². The highest BCUT2D eigenvalue weighted by molar-refractivity contribution is 5.96. The number of carbonyl (C=O) groups excluding carboxylic acids is 1. The van der Waals surface area contributed by atoms with Gasteiger partial charge in [-0.1, -0.05) is 21.6 Å². The number of nitrogens with zero attached hydrogens (tertiary/aromatic N) is 9. The highest BCUT2D eigenvalue weighted by atomic mass is 19.1. The molecule has 1 amide bonds. The predicted molar refractivity (Wildman–Crippen MR) is 122 cm³/mol. The van der Waals surface area contributed by atoms with Gasteiger partial charge in [-0.2, -0.15) is 0 Å². The number of hydrogen-bond acceptors (Lipinski definition) is 9. The molecule has 3 aromatic rings. The van der Waals surface area contributed by atoms with E-state index in [9.17, 15) is 4.79 Å². The second kappa shape index (κ2) is 9.68. The molecular formula is C22H26FN9O3. The Balaban J connectivity index is 1.30. The third-order valence-corrected chi connectivity index (χ3v) is 6.34. The first-order valence-corrected chi connectivity index (χ1v) is 11.4. The zero-order valence-corrected chi connectivity index (χ0v) is 19.5. The lowest BCUT2D eigenvalue weighted by molar-refractivity contribution is 0.139. The number of aromatic nitrogens is 6. The van der Waals surface area contributed by atoms with Crippen LogP contribution in [0.5, 0.6) is 0 Å². The maximum absolute atomic E-state index is 15.3. The van der Waals surface area contributed by atoms with Crippen LogP contribution in [0.2, 0.25) is 0 Å². The Morgan fingerprint density at radius 3 is 2.74 bits per heavy atom. The van der Waals surface area contributed by atoms with Crippen LogP contribution in [-0.4, -0.2) is 80.0 Å². The predicted octanol–water partition coefficient (Wildman–Crippen LogP) is 2.22. The summed E-state index contributed by atoms with van der Waals surface area (Å²) in [5, 5.41) is 20.2. The molecule has 0 unspecified atom stereocenters. The lowest BCUT2D eigenvalue weighted by Gasteiger charge is -2.34. The van der Waals surface area contributed by atoms with E-state index in [4.69, 9.17) is 9.57 Å². The minimum atomic E-state index is -0.631. The summed E-state index contributed by atoms with van der Waals surface area (Å²) in [5.74, 6) is -0.354. The summed E-state index contributed by atoms with van der Waals surface area (Å²) in [7, 11) is 1.49. The first kappa shape index (κ1) is 22.7. The molecule has 2 aromatic heterocycles. The van der Waals surface area contributed by atoms with Gasteiger partial charge in [0.05, 0.1) is 30.7 Å². The molecule has 1 atom stereocenters. The SMILES string of the molecule is CO/N=C(\C)c1cn(C2CCN(c3ccc([C@H](N4CCOC4=O)n4ccnn4)cc3F)CC2)nn1. The van der Waals surface area contributed by atoms with E-state index in [1.807, 2.05) is 28.8 Å². The fourth-order valence-corrected chi connectivity index (χ4v) is 4.57. The van der Waals surface area contributed by atoms with Gasteiger partial charge in [0.1, 0.15) is 30.9 Å². The Bertz CT molecular complexity index is 1200. The molecule has 0 radical (unpaired) electrons. The van der Waals surface area contributed by atoms with Gasteiger partial charge in [0.25, 0.3) is 0 Å². The third-order valence-electron chi connectivity index (χ3n) is 6.34. The number of amides is 1. The number of oxime groups is 1. The fraction of sp³-hybridized carbons (Fsp3) is 0.455. The average molecular weight is 484 g/mol. The number of benzene rings is 1. The van der Waals surface area contributed by atoms with Crippen LogP contribution in [-0.2, 0) is 9.57 Å². The van der Waals surface area contributed by atoms with E-state index in [0.717, 1.165) is 12.8 Å². The number of carbonyl (C=O) groups is 1. The maximum Gasteiger partial charge on any atom is 0.411 e. The summed E-state index contributed by atoms with van der Waals surface area (Å²) >= 11 is 0. The van der Waals surface area contributed by atoms with Crippen LogP contribution in [0.1, 0.15) is 43.2 Å². The molecule has 0 saturated carbocycles. The van der Waals surface area contributed by atoms with Crippen LogP contribution in [0.25, 0.3) is 0 Å². The summed E-state index contributed by atoms with van der Waals surface area (Å²) in [6.07, 6.45) is 5.53. The molecule has 5 rings (SSSR count). The molecule has 2 saturated heterocycles. The van der Waals surface area contributed by atoms with Crippen molar-refractivity contribution in [3.8, 4) is 0 Å². The number of halogens is 1. The van der Waals surface area contributed by atoms with E-state index >= 15 is 4.39 Å². The van der Waals surface area contributed by atoms with Crippen molar-refractivity contribution < 1.29 is 18.8 Å². The van der Waals surface area contributed by atoms with Gasteiger partial charge in [0, 0.05) is 19.3 Å². The lowest BCUT2D eigenvalue weighted by Crippen LogP contribution is -2.36. The third kappa shape index (κ3) is 4.53. The summed E-state index contributed by atoms with van der Waals surface area (Å²) in [6, 6.07) is 5.21. The summed E-state index contributed by atoms with van der Waals surface area (Å²) in [6.45, 7) is 3.83. The molecule has 2 aliphatic heterocycles. The van der Waals surface area contributed by atoms with Crippen molar-refractivity contribution in [2.45, 2.75) is 32.0 Å². The number of cyclic esters (lactones) is 1. The molecule has 0 bridgehead atoms. The summed E-state index contributed by atoms with van der Waals surface area (Å²) in [4.78, 5) is 20.6. The smallest absolute Gasteiger partial charge is 0.411 e. The van der Waals surface area contributed by atoms with Gasteiger partial charge in [-0.25, -0.2) is 18.5 Å². The lowest BCUT2D eigenvalue weighted by atomic mass is 10.0. The molecule has 2 aliphatic rings. The van der Waals surface area contributed by atoms with Crippen molar-refractivity contribution in [1.29, 1.82) is 0 Å². The first-order chi connectivity index (χ1) is 17.0. The van der Waals surface area contributed by atoms with Crippen molar-refractivity contribution in [3.05, 3.63) is 53.9 Å². The van der Waals surface area contributed by atoms with Gasteiger partial charge in [0.15, 0.2) is 6.17 Å². The molecular weight excluding hydrogens is 457 g/mol. The topological polar surface area (TPSA) is 116 Å². The Morgan fingerprint density at radius 1 is 1.26 bits per heavy atom. The molecule has 0 aliphatic carbocycles. The first-order valence-electron chi connectivity index (χ1n) is 11.4. The Kier molecular flexibility index (Phi) is 6.29. The second-order valence-electron chi connectivity index (χ2n) is 8.44. The van der Waals surface area contributed by atoms with Crippen molar-refractivity contribution in [1.82, 2.24) is 34.9 Å². The minimum Gasteiger partial charge on any atom is -0.447 e. The normalized spacial score (nSPS) is 18.1. The van der Waals surface area contributed by atoms with E-state index in [1.54, 1.807) is 12.3 Å². The van der Waals surface area contributed by atoms with Crippen LogP contribution >= 0.6 is 0 Å². The van der Waals surface area contributed by atoms with Crippen molar-refractivity contribution >= 4 is 17.5 Å². The minimum absolute atomic E-state index is 0.169. The quantitative estimate of drug-likeness (QED) is 0.371. The van der Waals surface area contributed by atoms with E-state index in [-0.39, 0.29) is 18.5 Å². The second-order valence-corrected chi connectivity index (χ2v) is 8.44. The fourth-order valence-electron chi connectivity index (χ4n) is 4.57. The standard InChI is InChI=1S/C22H26FN9O3/c1-15(26-34-2)19-14-32(28-25-19)17-5-8-29(9-6-17)20-4-3-16(13-18(20)23)21(31-10-7-24-27-31)30-11-12-35-22(30)33/h3-4,7,10,13-14,17,21H,5-6,8-9,11-12H2,1-2H3/b26-15+/t21-/m1/s1. The zero-order chi connectivity index (χ0) is 24.4. The molecule has 0 N–H and O–H groups in total. The Hall–Kier alpha value is -4.03. The van der Waals surface area contributed by atoms with Crippen molar-refractivity contribution in [3.63, 3.8) is 0 Å². The molecule has 184 valence electrons. The summed E-state index contributed by atoms with van der Waals surface area (Å²) in [5.41, 5.74) is 2.44.